The van der Waals surface area contributed by atoms with Gasteiger partial charge in [0.25, 0.3) is 0 Å². The maximum atomic E-state index is 6.34. The molecule has 0 aliphatic carbocycles. The zero-order valence-corrected chi connectivity index (χ0v) is 18.8. The average molecular weight is 443 g/mol. The van der Waals surface area contributed by atoms with Crippen molar-refractivity contribution < 1.29 is 9.47 Å². The first-order chi connectivity index (χ1) is 15.2. The quantitative estimate of drug-likeness (QED) is 0.529. The van der Waals surface area contributed by atoms with Gasteiger partial charge in [-0.2, -0.15) is 0 Å². The van der Waals surface area contributed by atoms with E-state index >= 15 is 0 Å². The monoisotopic (exact) mass is 442 g/mol. The minimum absolute atomic E-state index is 0.446. The summed E-state index contributed by atoms with van der Waals surface area (Å²) < 4.78 is 11.3. The van der Waals surface area contributed by atoms with Crippen LogP contribution in [0, 0.1) is 0 Å². The van der Waals surface area contributed by atoms with E-state index in [1.807, 2.05) is 19.2 Å². The van der Waals surface area contributed by atoms with Gasteiger partial charge < -0.3 is 20.1 Å². The summed E-state index contributed by atoms with van der Waals surface area (Å²) in [6.45, 7) is 5.09. The van der Waals surface area contributed by atoms with Gasteiger partial charge in [0.1, 0.15) is 13.2 Å². The van der Waals surface area contributed by atoms with Gasteiger partial charge in [-0.05, 0) is 42.5 Å². The molecular formula is C24H31ClN4O2. The molecule has 2 N–H and O–H groups in total. The number of nitrogens with zero attached hydrogens (tertiary/aromatic N) is 2. The molecule has 0 unspecified atom stereocenters. The number of fused-ring (bicyclic) bond motifs is 1. The molecule has 0 bridgehead atoms. The van der Waals surface area contributed by atoms with Crippen LogP contribution in [0.25, 0.3) is 0 Å². The van der Waals surface area contributed by atoms with Crippen molar-refractivity contribution in [1.29, 1.82) is 0 Å². The van der Waals surface area contributed by atoms with Gasteiger partial charge in [0, 0.05) is 39.3 Å². The molecule has 0 spiro atoms. The smallest absolute Gasteiger partial charge is 0.191 e. The van der Waals surface area contributed by atoms with E-state index in [9.17, 15) is 0 Å². The molecule has 2 aromatic carbocycles. The molecule has 0 radical (unpaired) electrons. The van der Waals surface area contributed by atoms with Crippen molar-refractivity contribution in [3.05, 3.63) is 58.6 Å². The molecule has 7 heteroatoms. The number of halogens is 1. The maximum Gasteiger partial charge on any atom is 0.191 e. The van der Waals surface area contributed by atoms with Crippen LogP contribution in [0.3, 0.4) is 0 Å². The van der Waals surface area contributed by atoms with Crippen LogP contribution in [0.5, 0.6) is 11.5 Å². The molecule has 0 saturated carbocycles. The van der Waals surface area contributed by atoms with Gasteiger partial charge in [0.2, 0.25) is 0 Å². The summed E-state index contributed by atoms with van der Waals surface area (Å²) in [6, 6.07) is 15.1. The number of piperidine rings is 1. The van der Waals surface area contributed by atoms with Gasteiger partial charge in [0.05, 0.1) is 5.02 Å². The average Bonchev–Trinajstić information content (AvgIpc) is 2.80. The van der Waals surface area contributed by atoms with Crippen LogP contribution in [-0.2, 0) is 13.0 Å². The van der Waals surface area contributed by atoms with Crippen molar-refractivity contribution in [3.8, 4) is 11.5 Å². The summed E-state index contributed by atoms with van der Waals surface area (Å²) in [5.74, 6) is 2.24. The van der Waals surface area contributed by atoms with Gasteiger partial charge in [0.15, 0.2) is 17.5 Å². The van der Waals surface area contributed by atoms with E-state index in [2.05, 4.69) is 50.9 Å². The van der Waals surface area contributed by atoms with Gasteiger partial charge in [-0.1, -0.05) is 41.9 Å². The summed E-state index contributed by atoms with van der Waals surface area (Å²) in [7, 11) is 1.82. The molecule has 0 atom stereocenters. The molecule has 2 heterocycles. The molecule has 0 aromatic heterocycles. The lowest BCUT2D eigenvalue weighted by Crippen LogP contribution is -2.48. The topological polar surface area (TPSA) is 58.1 Å². The lowest BCUT2D eigenvalue weighted by atomic mass is 10.0. The first-order valence-electron chi connectivity index (χ1n) is 11.0. The zero-order chi connectivity index (χ0) is 21.5. The first kappa shape index (κ1) is 21.8. The molecule has 31 heavy (non-hydrogen) atoms. The van der Waals surface area contributed by atoms with Gasteiger partial charge in [-0.25, -0.2) is 0 Å². The summed E-state index contributed by atoms with van der Waals surface area (Å²) in [4.78, 5) is 6.92. The second kappa shape index (κ2) is 10.7. The number of ether oxygens (including phenoxy) is 2. The van der Waals surface area contributed by atoms with E-state index < -0.39 is 0 Å². The molecule has 4 rings (SSSR count). The van der Waals surface area contributed by atoms with Crippen LogP contribution < -0.4 is 20.1 Å². The van der Waals surface area contributed by atoms with Crippen molar-refractivity contribution in [3.63, 3.8) is 0 Å². The third-order valence-corrected chi connectivity index (χ3v) is 6.04. The number of nitrogens with one attached hydrogen (secondary N) is 2. The fraction of sp³-hybridized carbons (Fsp3) is 0.458. The first-order valence-corrected chi connectivity index (χ1v) is 11.4. The number of hydrogen-bond donors (Lipinski definition) is 2. The van der Waals surface area contributed by atoms with Gasteiger partial charge >= 0.3 is 0 Å². The van der Waals surface area contributed by atoms with Crippen molar-refractivity contribution in [2.75, 3.05) is 39.9 Å². The number of aliphatic imine (C=N–C) groups is 1. The Hall–Kier alpha value is -2.44. The van der Waals surface area contributed by atoms with Crippen LogP contribution in [0.1, 0.15) is 24.0 Å². The highest BCUT2D eigenvalue weighted by Crippen LogP contribution is 2.38. The molecule has 1 fully saturated rings. The minimum Gasteiger partial charge on any atom is -0.486 e. The number of guanidine groups is 1. The summed E-state index contributed by atoms with van der Waals surface area (Å²) in [5.41, 5.74) is 2.50. The lowest BCUT2D eigenvalue weighted by Gasteiger charge is -2.33. The number of rotatable bonds is 6. The highest BCUT2D eigenvalue weighted by molar-refractivity contribution is 6.32. The minimum atomic E-state index is 0.446. The van der Waals surface area contributed by atoms with Gasteiger partial charge in [-0.15, -0.1) is 0 Å². The largest absolute Gasteiger partial charge is 0.486 e. The standard InChI is InChI=1S/C24H31ClN4O2/c1-26-24(27-10-7-19-15-21(25)23-22(16-19)30-13-14-31-23)28-20-8-11-29(12-9-20)17-18-5-3-2-4-6-18/h2-6,15-16,20H,7-14,17H2,1H3,(H2,26,27,28). The van der Waals surface area contributed by atoms with E-state index in [1.54, 1.807) is 0 Å². The van der Waals surface area contributed by atoms with Crippen LogP contribution in [0.2, 0.25) is 5.02 Å². The lowest BCUT2D eigenvalue weighted by molar-refractivity contribution is 0.171. The molecule has 2 aromatic rings. The molecule has 6 nitrogen and oxygen atoms in total. The third kappa shape index (κ3) is 6.05. The molecule has 2 aliphatic heterocycles. The molecule has 2 aliphatic rings. The Morgan fingerprint density at radius 2 is 1.87 bits per heavy atom. The van der Waals surface area contributed by atoms with Crippen molar-refractivity contribution in [2.45, 2.75) is 31.8 Å². The van der Waals surface area contributed by atoms with Crippen LogP contribution in [0.15, 0.2) is 47.5 Å². The predicted octanol–water partition coefficient (Wildman–Crippen LogP) is 3.48. The SMILES string of the molecule is CN=C(NCCc1cc(Cl)c2c(c1)OCCO2)NC1CCN(Cc2ccccc2)CC1. The van der Waals surface area contributed by atoms with E-state index in [4.69, 9.17) is 21.1 Å². The Labute approximate surface area is 189 Å². The molecule has 1 saturated heterocycles. The summed E-state index contributed by atoms with van der Waals surface area (Å²) >= 11 is 6.34. The van der Waals surface area contributed by atoms with E-state index in [1.165, 1.54) is 5.56 Å². The number of benzene rings is 2. The van der Waals surface area contributed by atoms with Crippen LogP contribution in [-0.4, -0.2) is 56.8 Å². The van der Waals surface area contributed by atoms with Crippen molar-refractivity contribution >= 4 is 17.6 Å². The van der Waals surface area contributed by atoms with Crippen LogP contribution in [0.4, 0.5) is 0 Å². The predicted molar refractivity (Wildman–Crippen MR) is 125 cm³/mol. The maximum absolute atomic E-state index is 6.34. The fourth-order valence-corrected chi connectivity index (χ4v) is 4.39. The second-order valence-corrected chi connectivity index (χ2v) is 8.44. The Kier molecular flexibility index (Phi) is 7.54. The van der Waals surface area contributed by atoms with Crippen molar-refractivity contribution in [2.24, 2.45) is 4.99 Å². The number of likely N-dealkylation sites (tertiary alicyclic amines) is 1. The molecule has 0 amide bonds. The van der Waals surface area contributed by atoms with E-state index in [-0.39, 0.29) is 0 Å². The Morgan fingerprint density at radius 1 is 1.10 bits per heavy atom. The molecule has 166 valence electrons. The Morgan fingerprint density at radius 3 is 2.65 bits per heavy atom. The van der Waals surface area contributed by atoms with E-state index in [0.29, 0.717) is 30.0 Å². The van der Waals surface area contributed by atoms with Crippen molar-refractivity contribution in [1.82, 2.24) is 15.5 Å². The zero-order valence-electron chi connectivity index (χ0n) is 18.1. The normalized spacial score (nSPS) is 17.4. The molecular weight excluding hydrogens is 412 g/mol. The van der Waals surface area contributed by atoms with Gasteiger partial charge in [-0.3, -0.25) is 9.89 Å². The third-order valence-electron chi connectivity index (χ3n) is 5.76. The summed E-state index contributed by atoms with van der Waals surface area (Å²) in [5, 5.41) is 7.61. The Bertz CT molecular complexity index is 883. The summed E-state index contributed by atoms with van der Waals surface area (Å²) in [6.07, 6.45) is 3.06. The highest BCUT2D eigenvalue weighted by atomic mass is 35.5. The highest BCUT2D eigenvalue weighted by Gasteiger charge is 2.20. The second-order valence-electron chi connectivity index (χ2n) is 8.03. The number of hydrogen-bond acceptors (Lipinski definition) is 4. The van der Waals surface area contributed by atoms with E-state index in [0.717, 1.165) is 62.7 Å². The fourth-order valence-electron chi connectivity index (χ4n) is 4.10. The Balaban J connectivity index is 1.20. The van der Waals surface area contributed by atoms with Crippen LogP contribution >= 0.6 is 11.6 Å².